The minimum atomic E-state index is -0.339. The lowest BCUT2D eigenvalue weighted by Crippen LogP contribution is -2.24. The van der Waals surface area contributed by atoms with E-state index in [1.54, 1.807) is 7.11 Å². The number of nitrogens with zero attached hydrogens (tertiary/aromatic N) is 3. The topological polar surface area (TPSA) is 71.6 Å². The molecule has 6 heteroatoms. The zero-order chi connectivity index (χ0) is 17.2. The second kappa shape index (κ2) is 7.14. The van der Waals surface area contributed by atoms with Crippen molar-refractivity contribution >= 4 is 0 Å². The lowest BCUT2D eigenvalue weighted by atomic mass is 10.0. The number of ether oxygens (including phenoxy) is 1. The van der Waals surface area contributed by atoms with Gasteiger partial charge in [-0.3, -0.25) is 4.90 Å². The van der Waals surface area contributed by atoms with Crippen LogP contribution in [0.15, 0.2) is 28.8 Å². The van der Waals surface area contributed by atoms with Gasteiger partial charge in [0.15, 0.2) is 5.82 Å². The third-order valence-corrected chi connectivity index (χ3v) is 5.40. The fourth-order valence-electron chi connectivity index (χ4n) is 4.11. The smallest absolute Gasteiger partial charge is 0.240 e. The van der Waals surface area contributed by atoms with E-state index in [1.165, 1.54) is 12.8 Å². The normalized spacial score (nSPS) is 24.9. The number of hydrogen-bond donors (Lipinski definition) is 1. The first-order valence-corrected chi connectivity index (χ1v) is 9.11. The number of benzene rings is 1. The highest BCUT2D eigenvalue weighted by Crippen LogP contribution is 2.35. The number of hydrogen-bond acceptors (Lipinski definition) is 6. The predicted molar refractivity (Wildman–Crippen MR) is 92.3 cm³/mol. The van der Waals surface area contributed by atoms with Crippen LogP contribution >= 0.6 is 0 Å². The van der Waals surface area contributed by atoms with Crippen molar-refractivity contribution in [3.8, 4) is 5.75 Å². The number of β-amino-alcohol motifs (C(OH)–C–C–N with tert-alkyl or cyclic N) is 1. The molecular weight excluding hydrogens is 318 g/mol. The van der Waals surface area contributed by atoms with Crippen LogP contribution < -0.4 is 4.74 Å². The number of likely N-dealkylation sites (tertiary alicyclic amines) is 1. The van der Waals surface area contributed by atoms with E-state index in [2.05, 4.69) is 21.1 Å². The Kier molecular flexibility index (Phi) is 4.72. The van der Waals surface area contributed by atoms with E-state index in [0.717, 1.165) is 30.0 Å². The Hall–Kier alpha value is -1.92. The highest BCUT2D eigenvalue weighted by Gasteiger charge is 2.33. The summed E-state index contributed by atoms with van der Waals surface area (Å²) in [4.78, 5) is 6.83. The maximum atomic E-state index is 10.2. The number of aliphatic hydroxyl groups is 1. The van der Waals surface area contributed by atoms with E-state index in [9.17, 15) is 5.11 Å². The summed E-state index contributed by atoms with van der Waals surface area (Å²) in [5.74, 6) is 2.78. The van der Waals surface area contributed by atoms with Gasteiger partial charge in [0, 0.05) is 18.5 Å². The molecule has 2 atom stereocenters. The first-order chi connectivity index (χ1) is 12.2. The molecule has 2 heterocycles. The standard InChI is InChI=1S/C19H25N3O3/c1-24-16-8-4-7-14(9-16)17-10-15(23)11-22(17)12-18-20-19(21-25-18)13-5-2-3-6-13/h4,7-9,13,15,17,23H,2-3,5-6,10-12H2,1H3/t15-,17+/m0/s1. The molecule has 1 aromatic heterocycles. The Balaban J connectivity index is 1.50. The Morgan fingerprint density at radius 1 is 1.32 bits per heavy atom. The van der Waals surface area contributed by atoms with Crippen LogP contribution in [0.2, 0.25) is 0 Å². The van der Waals surface area contributed by atoms with Crippen LogP contribution in [-0.4, -0.2) is 39.9 Å². The van der Waals surface area contributed by atoms with Gasteiger partial charge in [-0.25, -0.2) is 0 Å². The molecule has 1 aromatic carbocycles. The maximum Gasteiger partial charge on any atom is 0.240 e. The quantitative estimate of drug-likeness (QED) is 0.900. The SMILES string of the molecule is COc1cccc([C@H]2C[C@H](O)CN2Cc2nc(C3CCCC3)no2)c1. The van der Waals surface area contributed by atoms with Crippen LogP contribution in [-0.2, 0) is 6.54 Å². The highest BCUT2D eigenvalue weighted by atomic mass is 16.5. The van der Waals surface area contributed by atoms with E-state index in [4.69, 9.17) is 9.26 Å². The van der Waals surface area contributed by atoms with Crippen LogP contribution in [0.1, 0.15) is 61.3 Å². The van der Waals surface area contributed by atoms with Crippen LogP contribution in [0, 0.1) is 0 Å². The fourth-order valence-corrected chi connectivity index (χ4v) is 4.11. The summed E-state index contributed by atoms with van der Waals surface area (Å²) in [6.07, 6.45) is 5.20. The Morgan fingerprint density at radius 2 is 2.16 bits per heavy atom. The molecule has 0 bridgehead atoms. The van der Waals surface area contributed by atoms with Gasteiger partial charge in [-0.2, -0.15) is 4.98 Å². The first-order valence-electron chi connectivity index (χ1n) is 9.11. The molecule has 0 amide bonds. The summed E-state index contributed by atoms with van der Waals surface area (Å²) < 4.78 is 10.8. The van der Waals surface area contributed by atoms with Gasteiger partial charge in [0.2, 0.25) is 5.89 Å². The highest BCUT2D eigenvalue weighted by molar-refractivity contribution is 5.31. The van der Waals surface area contributed by atoms with E-state index in [1.807, 2.05) is 18.2 Å². The van der Waals surface area contributed by atoms with Crippen molar-refractivity contribution in [3.05, 3.63) is 41.5 Å². The van der Waals surface area contributed by atoms with Crippen LogP contribution in [0.25, 0.3) is 0 Å². The third-order valence-electron chi connectivity index (χ3n) is 5.40. The molecular formula is C19H25N3O3. The maximum absolute atomic E-state index is 10.2. The van der Waals surface area contributed by atoms with Crippen molar-refractivity contribution in [1.82, 2.24) is 15.0 Å². The van der Waals surface area contributed by atoms with Crippen molar-refractivity contribution in [2.24, 2.45) is 0 Å². The van der Waals surface area contributed by atoms with Crippen LogP contribution in [0.3, 0.4) is 0 Å². The minimum absolute atomic E-state index is 0.131. The third kappa shape index (κ3) is 3.55. The lowest BCUT2D eigenvalue weighted by molar-refractivity contribution is 0.164. The van der Waals surface area contributed by atoms with Gasteiger partial charge in [0.1, 0.15) is 5.75 Å². The summed E-state index contributed by atoms with van der Waals surface area (Å²) >= 11 is 0. The summed E-state index contributed by atoms with van der Waals surface area (Å²) in [6.45, 7) is 1.18. The molecule has 0 spiro atoms. The summed E-state index contributed by atoms with van der Waals surface area (Å²) in [5.41, 5.74) is 1.14. The van der Waals surface area contributed by atoms with E-state index in [0.29, 0.717) is 31.3 Å². The molecule has 6 nitrogen and oxygen atoms in total. The summed E-state index contributed by atoms with van der Waals surface area (Å²) in [7, 11) is 1.67. The van der Waals surface area contributed by atoms with E-state index >= 15 is 0 Å². The number of aliphatic hydroxyl groups excluding tert-OH is 1. The molecule has 0 unspecified atom stereocenters. The Morgan fingerprint density at radius 3 is 2.96 bits per heavy atom. The Bertz CT molecular complexity index is 711. The molecule has 4 rings (SSSR count). The number of rotatable bonds is 5. The lowest BCUT2D eigenvalue weighted by Gasteiger charge is -2.23. The molecule has 2 aromatic rings. The van der Waals surface area contributed by atoms with Gasteiger partial charge < -0.3 is 14.4 Å². The molecule has 134 valence electrons. The first kappa shape index (κ1) is 16.5. The van der Waals surface area contributed by atoms with Gasteiger partial charge in [-0.05, 0) is 37.0 Å². The van der Waals surface area contributed by atoms with Crippen LogP contribution in [0.4, 0.5) is 0 Å². The van der Waals surface area contributed by atoms with E-state index in [-0.39, 0.29) is 12.1 Å². The monoisotopic (exact) mass is 343 g/mol. The zero-order valence-electron chi connectivity index (χ0n) is 14.6. The molecule has 1 saturated heterocycles. The van der Waals surface area contributed by atoms with Crippen molar-refractivity contribution < 1.29 is 14.4 Å². The fraction of sp³-hybridized carbons (Fsp3) is 0.579. The average molecular weight is 343 g/mol. The van der Waals surface area contributed by atoms with Crippen LogP contribution in [0.5, 0.6) is 5.75 Å². The second-order valence-corrected chi connectivity index (χ2v) is 7.14. The zero-order valence-corrected chi connectivity index (χ0v) is 14.6. The molecule has 25 heavy (non-hydrogen) atoms. The van der Waals surface area contributed by atoms with Crippen molar-refractivity contribution in [1.29, 1.82) is 0 Å². The second-order valence-electron chi connectivity index (χ2n) is 7.14. The average Bonchev–Trinajstić information content (AvgIpc) is 3.36. The van der Waals surface area contributed by atoms with Gasteiger partial charge in [0.05, 0.1) is 19.8 Å². The van der Waals surface area contributed by atoms with Gasteiger partial charge in [0.25, 0.3) is 0 Å². The molecule has 1 aliphatic heterocycles. The molecule has 1 aliphatic carbocycles. The Labute approximate surface area is 147 Å². The van der Waals surface area contributed by atoms with Crippen molar-refractivity contribution in [2.75, 3.05) is 13.7 Å². The summed E-state index contributed by atoms with van der Waals surface area (Å²) in [5, 5.41) is 14.4. The molecule has 2 fully saturated rings. The van der Waals surface area contributed by atoms with Gasteiger partial charge in [-0.1, -0.05) is 30.1 Å². The van der Waals surface area contributed by atoms with Gasteiger partial charge >= 0.3 is 0 Å². The van der Waals surface area contributed by atoms with Crippen molar-refractivity contribution in [3.63, 3.8) is 0 Å². The number of aromatic nitrogens is 2. The minimum Gasteiger partial charge on any atom is -0.497 e. The van der Waals surface area contributed by atoms with E-state index < -0.39 is 0 Å². The molecule has 0 radical (unpaired) electrons. The van der Waals surface area contributed by atoms with Crippen molar-refractivity contribution in [2.45, 2.75) is 56.7 Å². The van der Waals surface area contributed by atoms with Gasteiger partial charge in [-0.15, -0.1) is 0 Å². The summed E-state index contributed by atoms with van der Waals surface area (Å²) in [6, 6.07) is 8.17. The number of methoxy groups -OCH3 is 1. The largest absolute Gasteiger partial charge is 0.497 e. The molecule has 1 N–H and O–H groups in total. The molecule has 2 aliphatic rings. The molecule has 1 saturated carbocycles. The predicted octanol–water partition coefficient (Wildman–Crippen LogP) is 3.04.